The number of carboxylic acid groups (broad SMARTS) is 1. The molecule has 0 bridgehead atoms. The molecule has 0 amide bonds. The number of nitrogens with one attached hydrogen (secondary N) is 1. The van der Waals surface area contributed by atoms with E-state index in [1.807, 2.05) is 36.4 Å². The second-order valence-electron chi connectivity index (χ2n) is 9.30. The number of oxazole rings is 1. The van der Waals surface area contributed by atoms with Crippen molar-refractivity contribution in [3.05, 3.63) is 60.9 Å². The minimum absolute atomic E-state index is 0.0903. The van der Waals surface area contributed by atoms with Gasteiger partial charge in [-0.15, -0.1) is 0 Å². The Morgan fingerprint density at radius 1 is 1.06 bits per heavy atom. The number of nitrogens with zero attached hydrogens (tertiary/aromatic N) is 3. The van der Waals surface area contributed by atoms with E-state index in [1.165, 1.54) is 6.39 Å². The number of aromatic nitrogens is 4. The smallest absolute Gasteiger partial charge is 0.312 e. The first-order valence-corrected chi connectivity index (χ1v) is 11.1. The maximum absolute atomic E-state index is 11.2. The van der Waals surface area contributed by atoms with Gasteiger partial charge in [0.05, 0.1) is 23.0 Å². The number of imidazole rings is 1. The summed E-state index contributed by atoms with van der Waals surface area (Å²) in [6.45, 7) is 7.63. The highest BCUT2D eigenvalue weighted by molar-refractivity contribution is 5.73. The summed E-state index contributed by atoms with van der Waals surface area (Å²) < 4.78 is 11.2. The lowest BCUT2D eigenvalue weighted by Crippen LogP contribution is -2.30. The fourth-order valence-electron chi connectivity index (χ4n) is 3.35. The van der Waals surface area contributed by atoms with E-state index < -0.39 is 11.4 Å². The summed E-state index contributed by atoms with van der Waals surface area (Å²) >= 11 is 0. The fourth-order valence-corrected chi connectivity index (χ4v) is 3.35. The van der Waals surface area contributed by atoms with Crippen molar-refractivity contribution in [2.45, 2.75) is 34.1 Å². The third-order valence-electron chi connectivity index (χ3n) is 5.43. The zero-order valence-electron chi connectivity index (χ0n) is 19.7. The van der Waals surface area contributed by atoms with Gasteiger partial charge < -0.3 is 19.2 Å². The van der Waals surface area contributed by atoms with Gasteiger partial charge in [-0.25, -0.2) is 9.97 Å². The SMILES string of the molecule is CC(C)Cc1ocnc1-c1cnc(-c2ccc(-c3ccc(OCC(C)(C)C(=O)O)cc3)nc2)[nH]1. The number of carboxylic acids is 1. The van der Waals surface area contributed by atoms with Crippen molar-refractivity contribution in [2.24, 2.45) is 11.3 Å². The second-order valence-corrected chi connectivity index (χ2v) is 9.30. The Morgan fingerprint density at radius 2 is 1.79 bits per heavy atom. The molecule has 0 radical (unpaired) electrons. The number of aromatic amines is 1. The molecular formula is C26H28N4O4. The Bertz CT molecular complexity index is 1250. The van der Waals surface area contributed by atoms with Crippen molar-refractivity contribution in [3.8, 4) is 39.8 Å². The number of ether oxygens (including phenoxy) is 1. The molecule has 0 fully saturated rings. The Balaban J connectivity index is 1.45. The Morgan fingerprint density at radius 3 is 2.44 bits per heavy atom. The summed E-state index contributed by atoms with van der Waals surface area (Å²) in [6.07, 6.45) is 5.80. The standard InChI is InChI=1S/C26H28N4O4/c1-16(2)11-22-23(29-15-34-22)21-13-28-24(30-21)18-7-10-20(27-12-18)17-5-8-19(9-6-17)33-14-26(3,4)25(31)32/h5-10,12-13,15-16H,11,14H2,1-4H3,(H,28,30)(H,31,32). The summed E-state index contributed by atoms with van der Waals surface area (Å²) in [5.74, 6) is 1.73. The zero-order valence-corrected chi connectivity index (χ0v) is 19.7. The summed E-state index contributed by atoms with van der Waals surface area (Å²) in [5, 5.41) is 9.21. The van der Waals surface area contributed by atoms with Gasteiger partial charge in [-0.1, -0.05) is 13.8 Å². The Labute approximate surface area is 198 Å². The molecule has 3 aromatic heterocycles. The molecule has 0 aliphatic carbocycles. The highest BCUT2D eigenvalue weighted by atomic mass is 16.5. The molecule has 0 spiro atoms. The number of carbonyl (C=O) groups is 1. The van der Waals surface area contributed by atoms with Crippen molar-refractivity contribution in [2.75, 3.05) is 6.61 Å². The number of hydrogen-bond acceptors (Lipinski definition) is 6. The lowest BCUT2D eigenvalue weighted by molar-refractivity contribution is -0.148. The predicted octanol–water partition coefficient (Wildman–Crippen LogP) is 5.48. The highest BCUT2D eigenvalue weighted by Gasteiger charge is 2.28. The van der Waals surface area contributed by atoms with E-state index in [9.17, 15) is 9.90 Å². The maximum Gasteiger partial charge on any atom is 0.312 e. The second kappa shape index (κ2) is 9.51. The number of rotatable bonds is 9. The lowest BCUT2D eigenvalue weighted by Gasteiger charge is -2.19. The molecule has 8 heteroatoms. The van der Waals surface area contributed by atoms with E-state index in [0.717, 1.165) is 40.4 Å². The minimum atomic E-state index is -0.953. The van der Waals surface area contributed by atoms with Crippen LogP contribution in [0.15, 0.2) is 59.6 Å². The average Bonchev–Trinajstić information content (AvgIpc) is 3.47. The minimum Gasteiger partial charge on any atom is -0.492 e. The molecule has 176 valence electrons. The van der Waals surface area contributed by atoms with E-state index >= 15 is 0 Å². The van der Waals surface area contributed by atoms with E-state index in [4.69, 9.17) is 9.15 Å². The fraction of sp³-hybridized carbons (Fsp3) is 0.308. The first kappa shape index (κ1) is 23.2. The summed E-state index contributed by atoms with van der Waals surface area (Å²) in [4.78, 5) is 28.0. The van der Waals surface area contributed by atoms with Gasteiger partial charge in [-0.05, 0) is 56.2 Å². The first-order valence-electron chi connectivity index (χ1n) is 11.1. The molecule has 0 aliphatic heterocycles. The summed E-state index contributed by atoms with van der Waals surface area (Å²) in [7, 11) is 0. The quantitative estimate of drug-likeness (QED) is 0.340. The molecule has 0 saturated heterocycles. The van der Waals surface area contributed by atoms with Gasteiger partial charge in [0, 0.05) is 23.7 Å². The third kappa shape index (κ3) is 5.17. The molecule has 0 saturated carbocycles. The largest absolute Gasteiger partial charge is 0.492 e. The average molecular weight is 461 g/mol. The molecular weight excluding hydrogens is 432 g/mol. The van der Waals surface area contributed by atoms with Gasteiger partial charge in [0.1, 0.15) is 29.6 Å². The molecule has 4 aromatic rings. The summed E-state index contributed by atoms with van der Waals surface area (Å²) in [6, 6.07) is 11.3. The molecule has 4 rings (SSSR count). The van der Waals surface area contributed by atoms with Crippen LogP contribution < -0.4 is 4.74 Å². The number of pyridine rings is 1. The van der Waals surface area contributed by atoms with Crippen molar-refractivity contribution < 1.29 is 19.1 Å². The number of aliphatic carboxylic acids is 1. The molecule has 1 aromatic carbocycles. The molecule has 0 atom stereocenters. The van der Waals surface area contributed by atoms with Crippen molar-refractivity contribution in [3.63, 3.8) is 0 Å². The van der Waals surface area contributed by atoms with Crippen LogP contribution in [0.4, 0.5) is 0 Å². The van der Waals surface area contributed by atoms with Crippen molar-refractivity contribution >= 4 is 5.97 Å². The number of hydrogen-bond donors (Lipinski definition) is 2. The number of H-pyrrole nitrogens is 1. The van der Waals surface area contributed by atoms with Gasteiger partial charge in [-0.2, -0.15) is 0 Å². The molecule has 8 nitrogen and oxygen atoms in total. The molecule has 2 N–H and O–H groups in total. The predicted molar refractivity (Wildman–Crippen MR) is 128 cm³/mol. The van der Waals surface area contributed by atoms with Crippen LogP contribution in [0.25, 0.3) is 34.0 Å². The van der Waals surface area contributed by atoms with Gasteiger partial charge >= 0.3 is 5.97 Å². The molecule has 3 heterocycles. The Hall–Kier alpha value is -3.94. The van der Waals surface area contributed by atoms with E-state index in [-0.39, 0.29) is 6.61 Å². The molecule has 0 aliphatic rings. The lowest BCUT2D eigenvalue weighted by atomic mass is 9.95. The van der Waals surface area contributed by atoms with Crippen LogP contribution in [-0.4, -0.2) is 37.6 Å². The third-order valence-corrected chi connectivity index (χ3v) is 5.43. The van der Waals surface area contributed by atoms with Crippen molar-refractivity contribution in [1.82, 2.24) is 19.9 Å². The molecule has 34 heavy (non-hydrogen) atoms. The van der Waals surface area contributed by atoms with Crippen LogP contribution in [0, 0.1) is 11.3 Å². The van der Waals surface area contributed by atoms with E-state index in [0.29, 0.717) is 17.5 Å². The van der Waals surface area contributed by atoms with Gasteiger partial charge in [0.15, 0.2) is 6.39 Å². The van der Waals surface area contributed by atoms with Crippen LogP contribution in [0.5, 0.6) is 5.75 Å². The monoisotopic (exact) mass is 460 g/mol. The topological polar surface area (TPSA) is 114 Å². The highest BCUT2D eigenvalue weighted by Crippen LogP contribution is 2.27. The van der Waals surface area contributed by atoms with E-state index in [1.54, 1.807) is 26.2 Å². The van der Waals surface area contributed by atoms with Gasteiger partial charge in [0.25, 0.3) is 0 Å². The maximum atomic E-state index is 11.2. The summed E-state index contributed by atoms with van der Waals surface area (Å²) in [5.41, 5.74) is 3.24. The van der Waals surface area contributed by atoms with Crippen LogP contribution >= 0.6 is 0 Å². The zero-order chi connectivity index (χ0) is 24.3. The van der Waals surface area contributed by atoms with Crippen LogP contribution in [0.3, 0.4) is 0 Å². The number of benzene rings is 1. The Kier molecular flexibility index (Phi) is 6.49. The van der Waals surface area contributed by atoms with Crippen LogP contribution in [-0.2, 0) is 11.2 Å². The van der Waals surface area contributed by atoms with Crippen LogP contribution in [0.1, 0.15) is 33.5 Å². The first-order chi connectivity index (χ1) is 16.2. The van der Waals surface area contributed by atoms with E-state index in [2.05, 4.69) is 33.8 Å². The van der Waals surface area contributed by atoms with Gasteiger partial charge in [-0.3, -0.25) is 9.78 Å². The normalized spacial score (nSPS) is 11.7. The van der Waals surface area contributed by atoms with Crippen LogP contribution in [0.2, 0.25) is 0 Å². The molecule has 0 unspecified atom stereocenters. The van der Waals surface area contributed by atoms with Crippen molar-refractivity contribution in [1.29, 1.82) is 0 Å². The van der Waals surface area contributed by atoms with Gasteiger partial charge in [0.2, 0.25) is 0 Å².